The van der Waals surface area contributed by atoms with Gasteiger partial charge in [-0.15, -0.1) is 11.3 Å². The molecule has 2 heterocycles. The van der Waals surface area contributed by atoms with Crippen molar-refractivity contribution in [2.75, 3.05) is 26.1 Å². The summed E-state index contributed by atoms with van der Waals surface area (Å²) < 4.78 is 10.8. The molecule has 1 aromatic carbocycles. The summed E-state index contributed by atoms with van der Waals surface area (Å²) in [7, 11) is 3.10. The molecule has 7 nitrogen and oxygen atoms in total. The maximum absolute atomic E-state index is 12.7. The van der Waals surface area contributed by atoms with Crippen LogP contribution in [0.5, 0.6) is 11.5 Å². The maximum Gasteiger partial charge on any atom is 0.266 e. The van der Waals surface area contributed by atoms with Crippen molar-refractivity contribution in [3.8, 4) is 11.5 Å². The Morgan fingerprint density at radius 3 is 2.71 bits per heavy atom. The number of amides is 2. The molecule has 10 heteroatoms. The Morgan fingerprint density at radius 1 is 1.32 bits per heavy atom. The number of benzene rings is 1. The Balaban J connectivity index is 1.72. The molecule has 1 N–H and O–H groups in total. The Labute approximate surface area is 175 Å². The number of nitrogens with zero attached hydrogens (tertiary/aromatic N) is 2. The number of thiazole rings is 1. The minimum Gasteiger partial charge on any atom is -0.493 e. The number of hydrogen-bond donors (Lipinski definition) is 1. The third kappa shape index (κ3) is 4.51. The van der Waals surface area contributed by atoms with Crippen LogP contribution < -0.4 is 14.8 Å². The number of aromatic nitrogens is 1. The number of nitrogens with one attached hydrogen (secondary N) is 1. The van der Waals surface area contributed by atoms with E-state index in [1.165, 1.54) is 16.2 Å². The van der Waals surface area contributed by atoms with Crippen molar-refractivity contribution in [1.29, 1.82) is 0 Å². The smallest absolute Gasteiger partial charge is 0.266 e. The number of rotatable bonds is 6. The van der Waals surface area contributed by atoms with Crippen LogP contribution in [0.2, 0.25) is 0 Å². The van der Waals surface area contributed by atoms with Crippen molar-refractivity contribution in [3.63, 3.8) is 0 Å². The lowest BCUT2D eigenvalue weighted by Crippen LogP contribution is -2.36. The van der Waals surface area contributed by atoms with E-state index >= 15 is 0 Å². The molecule has 0 unspecified atom stereocenters. The summed E-state index contributed by atoms with van der Waals surface area (Å²) in [5.41, 5.74) is 1.59. The maximum atomic E-state index is 12.7. The van der Waals surface area contributed by atoms with Gasteiger partial charge in [0, 0.05) is 5.38 Å². The van der Waals surface area contributed by atoms with Gasteiger partial charge >= 0.3 is 0 Å². The molecule has 1 aliphatic heterocycles. The van der Waals surface area contributed by atoms with Gasteiger partial charge in [0.15, 0.2) is 16.6 Å². The number of carbonyl (C=O) groups excluding carboxylic acids is 2. The number of ether oxygens (including phenoxy) is 2. The Morgan fingerprint density at radius 2 is 2.07 bits per heavy atom. The normalized spacial score (nSPS) is 15.2. The summed E-state index contributed by atoms with van der Waals surface area (Å²) in [6.07, 6.45) is 1.71. The second-order valence-corrected chi connectivity index (χ2v) is 8.26. The quantitative estimate of drug-likeness (QED) is 0.551. The highest BCUT2D eigenvalue weighted by atomic mass is 32.2. The number of thiocarbonyl (C=S) groups is 1. The Hall–Kier alpha value is -2.43. The van der Waals surface area contributed by atoms with Crippen LogP contribution in [0.4, 0.5) is 5.13 Å². The van der Waals surface area contributed by atoms with Crippen LogP contribution in [0.25, 0.3) is 6.08 Å². The summed E-state index contributed by atoms with van der Waals surface area (Å²) in [6, 6.07) is 5.34. The second-order valence-electron chi connectivity index (χ2n) is 5.72. The molecule has 0 atom stereocenters. The highest BCUT2D eigenvalue weighted by Crippen LogP contribution is 2.34. The standard InChI is InChI=1S/C18H17N3O4S3/c1-10-9-27-17(19-10)20-15(22)8-21-16(23)14(28-18(21)26)7-11-4-5-12(24-2)13(6-11)25-3/h4-7,9H,8H2,1-3H3,(H,19,20,22)/b14-7+. The van der Waals surface area contributed by atoms with Gasteiger partial charge in [-0.05, 0) is 30.7 Å². The van der Waals surface area contributed by atoms with Crippen molar-refractivity contribution in [2.24, 2.45) is 0 Å². The molecule has 1 aliphatic rings. The van der Waals surface area contributed by atoms with E-state index in [-0.39, 0.29) is 18.4 Å². The topological polar surface area (TPSA) is 80.8 Å². The van der Waals surface area contributed by atoms with Gasteiger partial charge < -0.3 is 14.8 Å². The fourth-order valence-corrected chi connectivity index (χ4v) is 4.40. The van der Waals surface area contributed by atoms with Crippen LogP contribution in [-0.4, -0.2) is 46.8 Å². The zero-order valence-electron chi connectivity index (χ0n) is 15.3. The van der Waals surface area contributed by atoms with Crippen molar-refractivity contribution in [2.45, 2.75) is 6.92 Å². The van der Waals surface area contributed by atoms with Crippen molar-refractivity contribution in [3.05, 3.63) is 39.7 Å². The van der Waals surface area contributed by atoms with Gasteiger partial charge in [-0.3, -0.25) is 14.5 Å². The summed E-state index contributed by atoms with van der Waals surface area (Å²) in [5, 5.41) is 5.01. The van der Waals surface area contributed by atoms with Crippen LogP contribution in [0.3, 0.4) is 0 Å². The minimum absolute atomic E-state index is 0.160. The second kappa shape index (κ2) is 8.72. The van der Waals surface area contributed by atoms with Crippen LogP contribution in [-0.2, 0) is 9.59 Å². The molecule has 2 aromatic rings. The van der Waals surface area contributed by atoms with E-state index in [1.54, 1.807) is 32.4 Å². The number of anilines is 1. The van der Waals surface area contributed by atoms with Gasteiger partial charge in [-0.25, -0.2) is 4.98 Å². The lowest BCUT2D eigenvalue weighted by Gasteiger charge is -2.13. The van der Waals surface area contributed by atoms with Gasteiger partial charge in [-0.1, -0.05) is 30.0 Å². The highest BCUT2D eigenvalue weighted by molar-refractivity contribution is 8.26. The molecule has 0 radical (unpaired) electrons. The molecular weight excluding hydrogens is 418 g/mol. The van der Waals surface area contributed by atoms with E-state index in [4.69, 9.17) is 21.7 Å². The number of methoxy groups -OCH3 is 2. The lowest BCUT2D eigenvalue weighted by atomic mass is 10.2. The zero-order chi connectivity index (χ0) is 20.3. The molecule has 1 aromatic heterocycles. The SMILES string of the molecule is COc1ccc(/C=C2/SC(=S)N(CC(=O)Nc3nc(C)cs3)C2=O)cc1OC. The first kappa shape index (κ1) is 20.3. The summed E-state index contributed by atoms with van der Waals surface area (Å²) in [6.45, 7) is 1.68. The van der Waals surface area contributed by atoms with Crippen molar-refractivity contribution < 1.29 is 19.1 Å². The molecule has 3 rings (SSSR count). The lowest BCUT2D eigenvalue weighted by molar-refractivity contribution is -0.126. The number of thioether (sulfide) groups is 1. The molecule has 2 amide bonds. The fraction of sp³-hybridized carbons (Fsp3) is 0.222. The number of carbonyl (C=O) groups is 2. The molecule has 1 saturated heterocycles. The van der Waals surface area contributed by atoms with Gasteiger partial charge in [-0.2, -0.15) is 0 Å². The van der Waals surface area contributed by atoms with Crippen LogP contribution in [0, 0.1) is 6.92 Å². The molecule has 28 heavy (non-hydrogen) atoms. The van der Waals surface area contributed by atoms with Gasteiger partial charge in [0.05, 0.1) is 24.8 Å². The van der Waals surface area contributed by atoms with Crippen LogP contribution >= 0.6 is 35.3 Å². The molecule has 1 fully saturated rings. The molecular formula is C18H17N3O4S3. The van der Waals surface area contributed by atoms with E-state index in [0.29, 0.717) is 25.9 Å². The van der Waals surface area contributed by atoms with Gasteiger partial charge in [0.25, 0.3) is 5.91 Å². The third-order valence-corrected chi connectivity index (χ3v) is 6.00. The molecule has 146 valence electrons. The van der Waals surface area contributed by atoms with E-state index in [0.717, 1.165) is 23.0 Å². The van der Waals surface area contributed by atoms with Crippen molar-refractivity contribution >= 4 is 62.7 Å². The predicted octanol–water partition coefficient (Wildman–Crippen LogP) is 3.31. The van der Waals surface area contributed by atoms with Crippen LogP contribution in [0.1, 0.15) is 11.3 Å². The molecule has 0 spiro atoms. The predicted molar refractivity (Wildman–Crippen MR) is 115 cm³/mol. The van der Waals surface area contributed by atoms with E-state index in [1.807, 2.05) is 18.4 Å². The summed E-state index contributed by atoms with van der Waals surface area (Å²) in [4.78, 5) is 30.8. The van der Waals surface area contributed by atoms with Crippen LogP contribution in [0.15, 0.2) is 28.5 Å². The molecule has 0 saturated carbocycles. The third-order valence-electron chi connectivity index (χ3n) is 3.75. The molecule has 0 aliphatic carbocycles. The molecule has 0 bridgehead atoms. The van der Waals surface area contributed by atoms with E-state index in [9.17, 15) is 9.59 Å². The zero-order valence-corrected chi connectivity index (χ0v) is 17.8. The highest BCUT2D eigenvalue weighted by Gasteiger charge is 2.33. The minimum atomic E-state index is -0.349. The Kier molecular flexibility index (Phi) is 6.32. The summed E-state index contributed by atoms with van der Waals surface area (Å²) >= 11 is 7.76. The number of hydrogen-bond acceptors (Lipinski definition) is 8. The number of aryl methyl sites for hydroxylation is 1. The van der Waals surface area contributed by atoms with E-state index in [2.05, 4.69) is 10.3 Å². The Bertz CT molecular complexity index is 971. The average molecular weight is 436 g/mol. The fourth-order valence-electron chi connectivity index (χ4n) is 2.44. The van der Waals surface area contributed by atoms with Crippen molar-refractivity contribution in [1.82, 2.24) is 9.88 Å². The van der Waals surface area contributed by atoms with Gasteiger partial charge in [0.1, 0.15) is 10.9 Å². The summed E-state index contributed by atoms with van der Waals surface area (Å²) in [5.74, 6) is 0.499. The monoisotopic (exact) mass is 435 g/mol. The first-order valence-electron chi connectivity index (χ1n) is 8.10. The van der Waals surface area contributed by atoms with E-state index < -0.39 is 0 Å². The largest absolute Gasteiger partial charge is 0.493 e. The first-order valence-corrected chi connectivity index (χ1v) is 10.2. The average Bonchev–Trinajstić information content (AvgIpc) is 3.19. The van der Waals surface area contributed by atoms with Gasteiger partial charge in [0.2, 0.25) is 5.91 Å². The first-order chi connectivity index (χ1) is 13.4.